The van der Waals surface area contributed by atoms with E-state index in [1.807, 2.05) is 12.1 Å². The summed E-state index contributed by atoms with van der Waals surface area (Å²) in [6.07, 6.45) is 3.99. The van der Waals surface area contributed by atoms with E-state index < -0.39 is 0 Å². The summed E-state index contributed by atoms with van der Waals surface area (Å²) in [6.45, 7) is 0.679. The second-order valence-electron chi connectivity index (χ2n) is 5.09. The van der Waals surface area contributed by atoms with Gasteiger partial charge in [0.15, 0.2) is 5.82 Å². The molecule has 4 nitrogen and oxygen atoms in total. The Morgan fingerprint density at radius 3 is 2.55 bits per heavy atom. The second-order valence-corrected chi connectivity index (χ2v) is 5.52. The lowest BCUT2D eigenvalue weighted by atomic mass is 9.95. The Balaban J connectivity index is 0.00000147. The van der Waals surface area contributed by atoms with Crippen LogP contribution in [0, 0.1) is 0 Å². The van der Waals surface area contributed by atoms with Crippen molar-refractivity contribution < 1.29 is 0 Å². The molecule has 108 valence electrons. The van der Waals surface area contributed by atoms with Crippen LogP contribution in [0.3, 0.4) is 0 Å². The summed E-state index contributed by atoms with van der Waals surface area (Å²) in [4.78, 5) is 4.63. The molecule has 1 aromatic carbocycles. The number of nitrogens with two attached hydrogens (primary N) is 1. The van der Waals surface area contributed by atoms with Gasteiger partial charge in [0, 0.05) is 11.4 Å². The van der Waals surface area contributed by atoms with E-state index in [1.54, 1.807) is 0 Å². The lowest BCUT2D eigenvalue weighted by Gasteiger charge is -2.11. The molecule has 1 fully saturated rings. The molecule has 6 heteroatoms. The summed E-state index contributed by atoms with van der Waals surface area (Å²) in [5.74, 6) is 1.84. The van der Waals surface area contributed by atoms with Crippen molar-refractivity contribution in [1.82, 2.24) is 15.2 Å². The molecule has 3 rings (SSSR count). The van der Waals surface area contributed by atoms with Crippen molar-refractivity contribution in [2.24, 2.45) is 5.73 Å². The van der Waals surface area contributed by atoms with Crippen molar-refractivity contribution >= 4 is 24.0 Å². The predicted octanol–water partition coefficient (Wildman–Crippen LogP) is 2.85. The van der Waals surface area contributed by atoms with E-state index in [0.717, 1.165) is 42.4 Å². The smallest absolute Gasteiger partial charge is 0.161 e. The first-order valence-electron chi connectivity index (χ1n) is 6.62. The van der Waals surface area contributed by atoms with Gasteiger partial charge in [-0.2, -0.15) is 5.10 Å². The average molecular weight is 313 g/mol. The number of hydrogen-bond donors (Lipinski definition) is 2. The zero-order valence-electron chi connectivity index (χ0n) is 11.1. The van der Waals surface area contributed by atoms with Crippen molar-refractivity contribution in [3.63, 3.8) is 0 Å². The number of halogens is 2. The average Bonchev–Trinajstić information content (AvgIpc) is 3.10. The number of aromatic nitrogens is 3. The Morgan fingerprint density at radius 1 is 1.25 bits per heavy atom. The zero-order valence-corrected chi connectivity index (χ0v) is 12.7. The second kappa shape index (κ2) is 6.12. The van der Waals surface area contributed by atoms with E-state index in [4.69, 9.17) is 17.3 Å². The summed E-state index contributed by atoms with van der Waals surface area (Å²) in [5.41, 5.74) is 6.77. The molecular weight excluding hydrogens is 295 g/mol. The third kappa shape index (κ3) is 2.82. The molecule has 0 aliphatic heterocycles. The predicted molar refractivity (Wildman–Crippen MR) is 82.5 cm³/mol. The third-order valence-corrected chi connectivity index (χ3v) is 3.98. The molecule has 3 N–H and O–H groups in total. The van der Waals surface area contributed by atoms with Crippen LogP contribution in [-0.2, 0) is 11.8 Å². The Hall–Kier alpha value is -1.10. The van der Waals surface area contributed by atoms with E-state index in [2.05, 4.69) is 27.3 Å². The van der Waals surface area contributed by atoms with Crippen molar-refractivity contribution in [3.05, 3.63) is 46.5 Å². The number of aryl methyl sites for hydroxylation is 1. The molecule has 0 saturated heterocycles. The zero-order chi connectivity index (χ0) is 13.3. The SMILES string of the molecule is Cl.NCCCc1nc(C2(c3ccc(Cl)cc3)CC2)n[nH]1. The standard InChI is InChI=1S/C14H17ClN4.ClH/c15-11-5-3-10(4-6-11)14(7-8-14)13-17-12(18-19-13)2-1-9-16;/h3-6H,1-2,7-9,16H2,(H,17,18,19);1H. The van der Waals surface area contributed by atoms with Gasteiger partial charge < -0.3 is 5.73 Å². The van der Waals surface area contributed by atoms with Gasteiger partial charge >= 0.3 is 0 Å². The molecular formula is C14H18Cl2N4. The topological polar surface area (TPSA) is 67.6 Å². The van der Waals surface area contributed by atoms with Crippen LogP contribution in [0.4, 0.5) is 0 Å². The highest BCUT2D eigenvalue weighted by molar-refractivity contribution is 6.30. The Kier molecular flexibility index (Phi) is 4.68. The van der Waals surface area contributed by atoms with E-state index in [0.29, 0.717) is 6.54 Å². The van der Waals surface area contributed by atoms with Crippen molar-refractivity contribution in [2.75, 3.05) is 6.54 Å². The molecule has 2 aromatic rings. The van der Waals surface area contributed by atoms with Crippen molar-refractivity contribution in [3.8, 4) is 0 Å². The van der Waals surface area contributed by atoms with E-state index in [9.17, 15) is 0 Å². The maximum Gasteiger partial charge on any atom is 0.161 e. The quantitative estimate of drug-likeness (QED) is 0.892. The molecule has 1 aliphatic carbocycles. The first-order valence-corrected chi connectivity index (χ1v) is 7.00. The van der Waals surface area contributed by atoms with Crippen LogP contribution >= 0.6 is 24.0 Å². The maximum atomic E-state index is 5.94. The summed E-state index contributed by atoms with van der Waals surface area (Å²) in [5, 5.41) is 8.18. The van der Waals surface area contributed by atoms with Crippen LogP contribution in [0.2, 0.25) is 5.02 Å². The van der Waals surface area contributed by atoms with Gasteiger partial charge in [-0.15, -0.1) is 12.4 Å². The lowest BCUT2D eigenvalue weighted by Crippen LogP contribution is -2.11. The van der Waals surface area contributed by atoms with Crippen molar-refractivity contribution in [2.45, 2.75) is 31.1 Å². The fourth-order valence-corrected chi connectivity index (χ4v) is 2.55. The normalized spacial score (nSPS) is 15.7. The lowest BCUT2D eigenvalue weighted by molar-refractivity contribution is 0.758. The minimum Gasteiger partial charge on any atom is -0.330 e. The Labute approximate surface area is 129 Å². The molecule has 0 spiro atoms. The highest BCUT2D eigenvalue weighted by atomic mass is 35.5. The van der Waals surface area contributed by atoms with Crippen LogP contribution in [0.1, 0.15) is 36.5 Å². The minimum atomic E-state index is 0. The van der Waals surface area contributed by atoms with Gasteiger partial charge in [0.2, 0.25) is 0 Å². The number of aromatic amines is 1. The van der Waals surface area contributed by atoms with Crippen LogP contribution in [-0.4, -0.2) is 21.7 Å². The first kappa shape index (κ1) is 15.3. The molecule has 0 radical (unpaired) electrons. The molecule has 0 atom stereocenters. The summed E-state index contributed by atoms with van der Waals surface area (Å²) in [7, 11) is 0. The maximum absolute atomic E-state index is 5.94. The summed E-state index contributed by atoms with van der Waals surface area (Å²) >= 11 is 5.94. The molecule has 20 heavy (non-hydrogen) atoms. The molecule has 1 heterocycles. The summed E-state index contributed by atoms with van der Waals surface area (Å²) < 4.78 is 0. The van der Waals surface area contributed by atoms with Crippen LogP contribution in [0.15, 0.2) is 24.3 Å². The summed E-state index contributed by atoms with van der Waals surface area (Å²) in [6, 6.07) is 8.01. The van der Waals surface area contributed by atoms with Gasteiger partial charge in [-0.3, -0.25) is 5.10 Å². The number of hydrogen-bond acceptors (Lipinski definition) is 3. The van der Waals surface area contributed by atoms with E-state index >= 15 is 0 Å². The Morgan fingerprint density at radius 2 is 1.95 bits per heavy atom. The van der Waals surface area contributed by atoms with Crippen LogP contribution in [0.25, 0.3) is 0 Å². The van der Waals surface area contributed by atoms with Gasteiger partial charge in [-0.1, -0.05) is 23.7 Å². The van der Waals surface area contributed by atoms with Crippen molar-refractivity contribution in [1.29, 1.82) is 0 Å². The Bertz CT molecular complexity index is 561. The van der Waals surface area contributed by atoms with Crippen LogP contribution < -0.4 is 5.73 Å². The molecule has 1 aromatic heterocycles. The number of nitrogens with one attached hydrogen (secondary N) is 1. The van der Waals surface area contributed by atoms with Gasteiger partial charge in [0.05, 0.1) is 5.41 Å². The van der Waals surface area contributed by atoms with E-state index in [-0.39, 0.29) is 17.8 Å². The number of nitrogens with zero attached hydrogens (tertiary/aromatic N) is 2. The van der Waals surface area contributed by atoms with Gasteiger partial charge in [0.25, 0.3) is 0 Å². The van der Waals surface area contributed by atoms with Gasteiger partial charge in [-0.05, 0) is 43.5 Å². The molecule has 1 aliphatic rings. The van der Waals surface area contributed by atoms with Crippen LogP contribution in [0.5, 0.6) is 0 Å². The monoisotopic (exact) mass is 312 g/mol. The molecule has 0 unspecified atom stereocenters. The fourth-order valence-electron chi connectivity index (χ4n) is 2.43. The number of rotatable bonds is 5. The number of H-pyrrole nitrogens is 1. The first-order chi connectivity index (χ1) is 9.24. The van der Waals surface area contributed by atoms with E-state index in [1.165, 1.54) is 5.56 Å². The highest BCUT2D eigenvalue weighted by Crippen LogP contribution is 2.52. The molecule has 0 amide bonds. The highest BCUT2D eigenvalue weighted by Gasteiger charge is 2.49. The molecule has 1 saturated carbocycles. The largest absolute Gasteiger partial charge is 0.330 e. The number of benzene rings is 1. The molecule has 0 bridgehead atoms. The minimum absolute atomic E-state index is 0. The van der Waals surface area contributed by atoms with Gasteiger partial charge in [0.1, 0.15) is 5.82 Å². The fraction of sp³-hybridized carbons (Fsp3) is 0.429. The van der Waals surface area contributed by atoms with Gasteiger partial charge in [-0.25, -0.2) is 4.98 Å². The third-order valence-electron chi connectivity index (χ3n) is 3.72.